The van der Waals surface area contributed by atoms with Crippen LogP contribution in [-0.4, -0.2) is 39.0 Å². The van der Waals surface area contributed by atoms with Gasteiger partial charge in [-0.05, 0) is 38.5 Å². The van der Waals surface area contributed by atoms with Gasteiger partial charge in [0.1, 0.15) is 5.84 Å². The van der Waals surface area contributed by atoms with Crippen LogP contribution in [0.25, 0.3) is 0 Å². The second kappa shape index (κ2) is 18.6. The van der Waals surface area contributed by atoms with E-state index in [1.165, 1.54) is 95.7 Å². The molecule has 31 heavy (non-hydrogen) atoms. The smallest absolute Gasteiger partial charge is 0.372 e. The Morgan fingerprint density at radius 2 is 1.52 bits per heavy atom. The van der Waals surface area contributed by atoms with Gasteiger partial charge >= 0.3 is 10.4 Å². The van der Waals surface area contributed by atoms with Crippen LogP contribution in [-0.2, 0) is 14.6 Å². The number of hydrogen-bond acceptors (Lipinski definition) is 5. The van der Waals surface area contributed by atoms with Crippen molar-refractivity contribution < 1.29 is 17.2 Å². The van der Waals surface area contributed by atoms with Crippen molar-refractivity contribution in [3.05, 3.63) is 12.2 Å². The lowest BCUT2D eigenvalue weighted by Gasteiger charge is -2.28. The minimum atomic E-state index is -4.16. The first kappa shape index (κ1) is 30.1. The Labute approximate surface area is 192 Å². The Morgan fingerprint density at radius 3 is 1.97 bits per heavy atom. The van der Waals surface area contributed by atoms with E-state index in [9.17, 15) is 8.42 Å². The highest BCUT2D eigenvalue weighted by molar-refractivity contribution is 7.80. The number of nitrogens with zero attached hydrogens (tertiary/aromatic N) is 1. The first-order valence-corrected chi connectivity index (χ1v) is 13.6. The molecule has 2 N–H and O–H groups in total. The lowest BCUT2D eigenvalue weighted by molar-refractivity contribution is 0.324. The van der Waals surface area contributed by atoms with Crippen molar-refractivity contribution in [2.75, 3.05) is 20.2 Å². The molecule has 1 unspecified atom stereocenters. The average Bonchev–Trinajstić information content (AvgIpc) is 3.29. The Morgan fingerprint density at radius 1 is 1.00 bits per heavy atom. The fraction of sp³-hybridized carbons (Fsp3) is 0.875. The van der Waals surface area contributed by atoms with E-state index >= 15 is 0 Å². The number of amidine groups is 1. The van der Waals surface area contributed by atoms with Crippen LogP contribution in [0.1, 0.15) is 111 Å². The third-order valence-electron chi connectivity index (χ3n) is 5.98. The molecule has 1 heterocycles. The van der Waals surface area contributed by atoms with Crippen LogP contribution in [0.5, 0.6) is 0 Å². The molecule has 0 amide bonds. The highest BCUT2D eigenvalue weighted by atomic mass is 32.3. The van der Waals surface area contributed by atoms with Gasteiger partial charge in [-0.3, -0.25) is 13.7 Å². The number of nitrogens with one attached hydrogen (secondary N) is 1. The van der Waals surface area contributed by atoms with Gasteiger partial charge in [-0.25, -0.2) is 0 Å². The molecule has 0 aromatic heterocycles. The van der Waals surface area contributed by atoms with Crippen LogP contribution in [0.15, 0.2) is 17.1 Å². The molecule has 1 rings (SSSR count). The molecule has 0 spiro atoms. The summed E-state index contributed by atoms with van der Waals surface area (Å²) in [5.74, 6) is 1.27. The van der Waals surface area contributed by atoms with Crippen molar-refractivity contribution in [2.45, 2.75) is 111 Å². The fourth-order valence-corrected chi connectivity index (χ4v) is 3.67. The van der Waals surface area contributed by atoms with E-state index in [2.05, 4.69) is 47.4 Å². The van der Waals surface area contributed by atoms with Gasteiger partial charge in [0.25, 0.3) is 0 Å². The van der Waals surface area contributed by atoms with Crippen molar-refractivity contribution in [1.29, 1.82) is 0 Å². The molecule has 1 atom stereocenters. The van der Waals surface area contributed by atoms with Crippen molar-refractivity contribution in [3.63, 3.8) is 0 Å². The second-order valence-corrected chi connectivity index (χ2v) is 9.84. The van der Waals surface area contributed by atoms with Gasteiger partial charge in [0.15, 0.2) is 0 Å². The van der Waals surface area contributed by atoms with E-state index in [1.807, 2.05) is 0 Å². The maximum Gasteiger partial charge on any atom is 0.397 e. The van der Waals surface area contributed by atoms with E-state index in [-0.39, 0.29) is 5.41 Å². The Kier molecular flexibility index (Phi) is 18.1. The normalized spacial score (nSPS) is 15.8. The largest absolute Gasteiger partial charge is 0.397 e. The summed E-state index contributed by atoms with van der Waals surface area (Å²) < 4.78 is 29.7. The van der Waals surface area contributed by atoms with Crippen LogP contribution in [0.4, 0.5) is 0 Å². The van der Waals surface area contributed by atoms with E-state index in [4.69, 9.17) is 4.55 Å². The molecule has 0 aliphatic carbocycles. The lowest BCUT2D eigenvalue weighted by Crippen LogP contribution is -2.35. The third-order valence-corrected chi connectivity index (χ3v) is 6.40. The minimum absolute atomic E-state index is 0.285. The lowest BCUT2D eigenvalue weighted by atomic mass is 9.80. The van der Waals surface area contributed by atoms with E-state index in [0.717, 1.165) is 20.2 Å². The molecular formula is C24H48N2O4S. The molecule has 1 aliphatic heterocycles. The van der Waals surface area contributed by atoms with Gasteiger partial charge in [-0.2, -0.15) is 8.42 Å². The maximum absolute atomic E-state index is 9.33. The average molecular weight is 461 g/mol. The SMILES string of the molecule is CCCCCCCC/C=C\CCCCCCC(C)(CC)C1=NCCN1.COS(=O)(=O)O. The molecule has 6 nitrogen and oxygen atoms in total. The zero-order chi connectivity index (χ0) is 23.4. The minimum Gasteiger partial charge on any atom is -0.372 e. The van der Waals surface area contributed by atoms with Crippen molar-refractivity contribution in [3.8, 4) is 0 Å². The fourth-order valence-electron chi connectivity index (χ4n) is 3.67. The Bertz CT molecular complexity index is 590. The summed E-state index contributed by atoms with van der Waals surface area (Å²) >= 11 is 0. The molecule has 0 bridgehead atoms. The molecule has 184 valence electrons. The summed E-state index contributed by atoms with van der Waals surface area (Å²) in [7, 11) is -3.29. The van der Waals surface area contributed by atoms with Gasteiger partial charge in [0, 0.05) is 12.0 Å². The maximum atomic E-state index is 9.33. The molecule has 0 aromatic carbocycles. The molecule has 0 saturated heterocycles. The summed E-state index contributed by atoms with van der Waals surface area (Å²) in [6.07, 6.45) is 23.7. The van der Waals surface area contributed by atoms with E-state index in [0.29, 0.717) is 0 Å². The molecule has 0 saturated carbocycles. The first-order valence-electron chi connectivity index (χ1n) is 12.3. The summed E-state index contributed by atoms with van der Waals surface area (Å²) in [4.78, 5) is 4.66. The predicted octanol–water partition coefficient (Wildman–Crippen LogP) is 6.49. The number of allylic oxidation sites excluding steroid dienone is 2. The first-order chi connectivity index (χ1) is 14.8. The Hall–Kier alpha value is -0.920. The number of hydrogen-bond donors (Lipinski definition) is 2. The molecule has 0 radical (unpaired) electrons. The molecule has 0 aromatic rings. The molecule has 7 heteroatoms. The highest BCUT2D eigenvalue weighted by Gasteiger charge is 2.29. The van der Waals surface area contributed by atoms with Crippen LogP contribution < -0.4 is 5.32 Å². The predicted molar refractivity (Wildman–Crippen MR) is 132 cm³/mol. The zero-order valence-corrected chi connectivity index (χ0v) is 21.3. The monoisotopic (exact) mass is 460 g/mol. The quantitative estimate of drug-likeness (QED) is 0.147. The summed E-state index contributed by atoms with van der Waals surface area (Å²) in [5, 5.41) is 3.49. The van der Waals surface area contributed by atoms with Crippen molar-refractivity contribution in [1.82, 2.24) is 5.32 Å². The van der Waals surface area contributed by atoms with Gasteiger partial charge in [-0.1, -0.05) is 84.3 Å². The van der Waals surface area contributed by atoms with Crippen LogP contribution in [0.3, 0.4) is 0 Å². The van der Waals surface area contributed by atoms with Crippen LogP contribution in [0, 0.1) is 5.41 Å². The molecule has 1 aliphatic rings. The highest BCUT2D eigenvalue weighted by Crippen LogP contribution is 2.30. The van der Waals surface area contributed by atoms with Gasteiger partial charge < -0.3 is 5.32 Å². The van der Waals surface area contributed by atoms with E-state index in [1.54, 1.807) is 0 Å². The topological polar surface area (TPSA) is 88.0 Å². The summed E-state index contributed by atoms with van der Waals surface area (Å²) in [5.41, 5.74) is 0.285. The number of aliphatic imine (C=N–C) groups is 1. The molecule has 0 fully saturated rings. The second-order valence-electron chi connectivity index (χ2n) is 8.65. The summed E-state index contributed by atoms with van der Waals surface area (Å²) in [6.45, 7) is 8.98. The van der Waals surface area contributed by atoms with Gasteiger partial charge in [0.2, 0.25) is 0 Å². The van der Waals surface area contributed by atoms with Gasteiger partial charge in [0.05, 0.1) is 13.7 Å². The van der Waals surface area contributed by atoms with Crippen LogP contribution in [0.2, 0.25) is 0 Å². The third kappa shape index (κ3) is 17.3. The number of rotatable bonds is 17. The van der Waals surface area contributed by atoms with Gasteiger partial charge in [-0.15, -0.1) is 0 Å². The van der Waals surface area contributed by atoms with Crippen molar-refractivity contribution in [2.24, 2.45) is 10.4 Å². The zero-order valence-electron chi connectivity index (χ0n) is 20.5. The summed E-state index contributed by atoms with van der Waals surface area (Å²) in [6, 6.07) is 0. The van der Waals surface area contributed by atoms with E-state index < -0.39 is 10.4 Å². The Balaban J connectivity index is 0.00000131. The van der Waals surface area contributed by atoms with Crippen LogP contribution >= 0.6 is 0 Å². The molecular weight excluding hydrogens is 412 g/mol. The standard InChI is InChI=1S/C23H44N2.CH4O4S/c1-4-6-7-8-9-10-11-12-13-14-15-16-17-18-19-23(3,5-2)22-24-20-21-25-22;1-5-6(2,3)4/h12-13H,4-11,14-21H2,1-3H3,(H,24,25);1H3,(H,2,3,4)/b13-12-;. The van der Waals surface area contributed by atoms with Crippen molar-refractivity contribution >= 4 is 16.2 Å². The number of unbranched alkanes of at least 4 members (excludes halogenated alkanes) is 10.